The van der Waals surface area contributed by atoms with Gasteiger partial charge in [0.25, 0.3) is 0 Å². The van der Waals surface area contributed by atoms with Crippen LogP contribution in [-0.2, 0) is 14.8 Å². The minimum absolute atomic E-state index is 0.0911. The van der Waals surface area contributed by atoms with Crippen molar-refractivity contribution in [2.45, 2.75) is 11.3 Å². The number of ether oxygens (including phenoxy) is 1. The lowest BCUT2D eigenvalue weighted by molar-refractivity contribution is 0.147. The van der Waals surface area contributed by atoms with Gasteiger partial charge >= 0.3 is 0 Å². The van der Waals surface area contributed by atoms with E-state index in [-0.39, 0.29) is 9.92 Å². The van der Waals surface area contributed by atoms with Crippen LogP contribution in [0.25, 0.3) is 0 Å². The van der Waals surface area contributed by atoms with Crippen molar-refractivity contribution in [2.75, 3.05) is 25.6 Å². The SMILES string of the molecule is O=S(=O)(NCCCOCCCl)c1ccccc1Cl. The van der Waals surface area contributed by atoms with E-state index in [0.29, 0.717) is 32.1 Å². The largest absolute Gasteiger partial charge is 0.380 e. The smallest absolute Gasteiger partial charge is 0.242 e. The highest BCUT2D eigenvalue weighted by Crippen LogP contribution is 2.19. The number of rotatable bonds is 8. The van der Waals surface area contributed by atoms with Crippen molar-refractivity contribution in [3.05, 3.63) is 29.3 Å². The van der Waals surface area contributed by atoms with Crippen LogP contribution in [0.4, 0.5) is 0 Å². The van der Waals surface area contributed by atoms with Gasteiger partial charge in [-0.1, -0.05) is 23.7 Å². The normalized spacial score (nSPS) is 11.7. The second kappa shape index (κ2) is 7.96. The van der Waals surface area contributed by atoms with Crippen LogP contribution < -0.4 is 4.72 Å². The van der Waals surface area contributed by atoms with E-state index in [1.54, 1.807) is 18.2 Å². The third kappa shape index (κ3) is 5.12. The fourth-order valence-electron chi connectivity index (χ4n) is 1.28. The van der Waals surface area contributed by atoms with Crippen molar-refractivity contribution >= 4 is 33.2 Å². The topological polar surface area (TPSA) is 55.4 Å². The molecule has 0 unspecified atom stereocenters. The van der Waals surface area contributed by atoms with Gasteiger partial charge in [0, 0.05) is 19.0 Å². The van der Waals surface area contributed by atoms with Crippen molar-refractivity contribution in [1.82, 2.24) is 4.72 Å². The summed E-state index contributed by atoms with van der Waals surface area (Å²) < 4.78 is 31.4. The van der Waals surface area contributed by atoms with Gasteiger partial charge in [-0.3, -0.25) is 0 Å². The van der Waals surface area contributed by atoms with Crippen molar-refractivity contribution < 1.29 is 13.2 Å². The number of hydrogen-bond donors (Lipinski definition) is 1. The van der Waals surface area contributed by atoms with Crippen LogP contribution in [0.5, 0.6) is 0 Å². The summed E-state index contributed by atoms with van der Waals surface area (Å²) in [5.74, 6) is 0.436. The first-order chi connectivity index (χ1) is 8.58. The Labute approximate surface area is 117 Å². The average molecular weight is 312 g/mol. The molecule has 0 heterocycles. The van der Waals surface area contributed by atoms with Crippen molar-refractivity contribution in [1.29, 1.82) is 0 Å². The summed E-state index contributed by atoms with van der Waals surface area (Å²) in [6, 6.07) is 6.32. The lowest BCUT2D eigenvalue weighted by Crippen LogP contribution is -2.25. The maximum Gasteiger partial charge on any atom is 0.242 e. The monoisotopic (exact) mass is 311 g/mol. The molecule has 0 fully saturated rings. The molecule has 0 saturated carbocycles. The Hall–Kier alpha value is -0.330. The minimum atomic E-state index is -3.55. The molecule has 0 saturated heterocycles. The maximum atomic E-state index is 11.9. The molecule has 18 heavy (non-hydrogen) atoms. The third-order valence-electron chi connectivity index (χ3n) is 2.11. The molecule has 4 nitrogen and oxygen atoms in total. The number of sulfonamides is 1. The average Bonchev–Trinajstić information content (AvgIpc) is 2.34. The summed E-state index contributed by atoms with van der Waals surface area (Å²) in [7, 11) is -3.55. The van der Waals surface area contributed by atoms with Gasteiger partial charge in [-0.2, -0.15) is 0 Å². The predicted octanol–water partition coefficient (Wildman–Crippen LogP) is 2.26. The van der Waals surface area contributed by atoms with Crippen LogP contribution in [-0.4, -0.2) is 34.1 Å². The molecule has 0 aliphatic carbocycles. The molecular formula is C11H15Cl2NO3S. The van der Waals surface area contributed by atoms with Crippen LogP contribution in [0, 0.1) is 0 Å². The van der Waals surface area contributed by atoms with Crippen LogP contribution in [0.1, 0.15) is 6.42 Å². The van der Waals surface area contributed by atoms with Crippen molar-refractivity contribution in [2.24, 2.45) is 0 Å². The van der Waals surface area contributed by atoms with Crippen molar-refractivity contribution in [3.63, 3.8) is 0 Å². The molecule has 0 aliphatic heterocycles. The molecule has 1 rings (SSSR count). The third-order valence-corrected chi connectivity index (χ3v) is 4.22. The second-order valence-electron chi connectivity index (χ2n) is 3.48. The quantitative estimate of drug-likeness (QED) is 0.592. The highest BCUT2D eigenvalue weighted by molar-refractivity contribution is 7.89. The molecule has 0 aromatic heterocycles. The molecule has 0 spiro atoms. The van der Waals surface area contributed by atoms with Crippen LogP contribution >= 0.6 is 23.2 Å². The Kier molecular flexibility index (Phi) is 6.96. The maximum absolute atomic E-state index is 11.9. The Morgan fingerprint density at radius 3 is 2.61 bits per heavy atom. The van der Waals surface area contributed by atoms with E-state index < -0.39 is 10.0 Å². The zero-order valence-corrected chi connectivity index (χ0v) is 12.1. The van der Waals surface area contributed by atoms with Crippen LogP contribution in [0.2, 0.25) is 5.02 Å². The molecule has 0 atom stereocenters. The van der Waals surface area contributed by atoms with Gasteiger partial charge < -0.3 is 4.74 Å². The van der Waals surface area contributed by atoms with E-state index in [9.17, 15) is 8.42 Å². The number of alkyl halides is 1. The number of benzene rings is 1. The van der Waals surface area contributed by atoms with Crippen molar-refractivity contribution in [3.8, 4) is 0 Å². The molecule has 0 bridgehead atoms. The summed E-state index contributed by atoms with van der Waals surface area (Å²) in [5.41, 5.74) is 0. The molecular weight excluding hydrogens is 297 g/mol. The fraction of sp³-hybridized carbons (Fsp3) is 0.455. The predicted molar refractivity (Wildman–Crippen MR) is 72.8 cm³/mol. The van der Waals surface area contributed by atoms with E-state index in [1.165, 1.54) is 6.07 Å². The standard InChI is InChI=1S/C11H15Cl2NO3S/c12-6-9-17-8-3-7-14-18(15,16)11-5-2-1-4-10(11)13/h1-2,4-5,14H,3,6-9H2. The van der Waals surface area contributed by atoms with E-state index in [0.717, 1.165) is 0 Å². The van der Waals surface area contributed by atoms with Gasteiger partial charge in [-0.15, -0.1) is 11.6 Å². The first-order valence-electron chi connectivity index (χ1n) is 5.46. The van der Waals surface area contributed by atoms with Crippen LogP contribution in [0.15, 0.2) is 29.2 Å². The zero-order valence-electron chi connectivity index (χ0n) is 9.73. The number of halogens is 2. The lowest BCUT2D eigenvalue weighted by Gasteiger charge is -2.08. The summed E-state index contributed by atoms with van der Waals surface area (Å²) in [6.07, 6.45) is 0.584. The molecule has 0 radical (unpaired) electrons. The second-order valence-corrected chi connectivity index (χ2v) is 6.00. The summed E-state index contributed by atoms with van der Waals surface area (Å²) >= 11 is 11.3. The highest BCUT2D eigenvalue weighted by Gasteiger charge is 2.16. The Balaban J connectivity index is 2.44. The van der Waals surface area contributed by atoms with E-state index >= 15 is 0 Å². The number of nitrogens with one attached hydrogen (secondary N) is 1. The molecule has 0 amide bonds. The molecule has 0 aliphatic rings. The Bertz CT molecular complexity index is 465. The molecule has 102 valence electrons. The summed E-state index contributed by atoms with van der Waals surface area (Å²) in [6.45, 7) is 1.24. The Morgan fingerprint density at radius 1 is 1.22 bits per heavy atom. The molecule has 1 N–H and O–H groups in total. The minimum Gasteiger partial charge on any atom is -0.380 e. The van der Waals surface area contributed by atoms with Gasteiger partial charge in [0.15, 0.2) is 0 Å². The van der Waals surface area contributed by atoms with E-state index in [2.05, 4.69) is 4.72 Å². The first kappa shape index (κ1) is 15.7. The van der Waals surface area contributed by atoms with Crippen LogP contribution in [0.3, 0.4) is 0 Å². The fourth-order valence-corrected chi connectivity index (χ4v) is 2.98. The number of hydrogen-bond acceptors (Lipinski definition) is 3. The van der Waals surface area contributed by atoms with Gasteiger partial charge in [-0.05, 0) is 18.6 Å². The van der Waals surface area contributed by atoms with Gasteiger partial charge in [0.1, 0.15) is 4.90 Å². The first-order valence-corrected chi connectivity index (χ1v) is 7.85. The van der Waals surface area contributed by atoms with Gasteiger partial charge in [0.05, 0.1) is 11.6 Å². The molecule has 1 aromatic rings. The van der Waals surface area contributed by atoms with Gasteiger partial charge in [0.2, 0.25) is 10.0 Å². The lowest BCUT2D eigenvalue weighted by atomic mass is 10.4. The summed E-state index contributed by atoms with van der Waals surface area (Å²) in [5, 5.41) is 0.211. The highest BCUT2D eigenvalue weighted by atomic mass is 35.5. The summed E-state index contributed by atoms with van der Waals surface area (Å²) in [4.78, 5) is 0.0911. The zero-order chi connectivity index (χ0) is 13.4. The molecule has 7 heteroatoms. The Morgan fingerprint density at radius 2 is 1.94 bits per heavy atom. The van der Waals surface area contributed by atoms with E-state index in [1.807, 2.05) is 0 Å². The van der Waals surface area contributed by atoms with Gasteiger partial charge in [-0.25, -0.2) is 13.1 Å². The van der Waals surface area contributed by atoms with E-state index in [4.69, 9.17) is 27.9 Å². The molecule has 1 aromatic carbocycles.